The van der Waals surface area contributed by atoms with E-state index in [4.69, 9.17) is 9.15 Å². The van der Waals surface area contributed by atoms with Crippen molar-refractivity contribution in [1.29, 1.82) is 0 Å². The van der Waals surface area contributed by atoms with Gasteiger partial charge in [0.05, 0.1) is 22.8 Å². The number of ether oxygens (including phenoxy) is 1. The predicted molar refractivity (Wildman–Crippen MR) is 136 cm³/mol. The zero-order valence-corrected chi connectivity index (χ0v) is 21.0. The van der Waals surface area contributed by atoms with Crippen molar-refractivity contribution in [3.63, 3.8) is 0 Å². The monoisotopic (exact) mass is 475 g/mol. The number of nitrogens with zero attached hydrogens (tertiary/aromatic N) is 4. The molecule has 3 aromatic heterocycles. The molecule has 1 aromatic carbocycles. The molecule has 3 heterocycles. The number of carbonyl (C=O) groups excluding carboxylic acids is 1. The number of nitrogens with one attached hydrogen (secondary N) is 1. The average molecular weight is 476 g/mol. The summed E-state index contributed by atoms with van der Waals surface area (Å²) in [6.45, 7) is 13.4. The lowest BCUT2D eigenvalue weighted by Crippen LogP contribution is -2.22. The molecular formula is C25H29N5O3Si. The first-order valence-electron chi connectivity index (χ1n) is 11.1. The molecule has 0 atom stereocenters. The fourth-order valence-electron chi connectivity index (χ4n) is 3.48. The number of hydrogen-bond acceptors (Lipinski definition) is 6. The average Bonchev–Trinajstić information content (AvgIpc) is 3.44. The van der Waals surface area contributed by atoms with Gasteiger partial charge >= 0.3 is 0 Å². The van der Waals surface area contributed by atoms with E-state index in [0.717, 1.165) is 28.2 Å². The van der Waals surface area contributed by atoms with Crippen LogP contribution >= 0.6 is 0 Å². The van der Waals surface area contributed by atoms with Gasteiger partial charge < -0.3 is 19.0 Å². The first kappa shape index (κ1) is 23.6. The van der Waals surface area contributed by atoms with Crippen LogP contribution in [-0.2, 0) is 16.3 Å². The highest BCUT2D eigenvalue weighted by atomic mass is 28.3. The maximum atomic E-state index is 12.1. The lowest BCUT2D eigenvalue weighted by molar-refractivity contribution is -0.112. The molecule has 0 saturated carbocycles. The maximum Gasteiger partial charge on any atom is 0.250 e. The summed E-state index contributed by atoms with van der Waals surface area (Å²) in [5.74, 6) is 0.251. The van der Waals surface area contributed by atoms with Crippen LogP contribution in [0.1, 0.15) is 6.92 Å². The van der Waals surface area contributed by atoms with Gasteiger partial charge in [0.2, 0.25) is 5.89 Å². The fraction of sp³-hybridized carbons (Fsp3) is 0.280. The normalized spacial score (nSPS) is 11.6. The first-order valence-corrected chi connectivity index (χ1v) is 14.8. The molecule has 0 saturated heterocycles. The zero-order valence-electron chi connectivity index (χ0n) is 20.0. The van der Waals surface area contributed by atoms with E-state index in [-0.39, 0.29) is 5.91 Å². The summed E-state index contributed by atoms with van der Waals surface area (Å²) >= 11 is 0. The zero-order chi connectivity index (χ0) is 24.3. The van der Waals surface area contributed by atoms with Gasteiger partial charge in [-0.15, -0.1) is 0 Å². The second-order valence-corrected chi connectivity index (χ2v) is 15.1. The van der Waals surface area contributed by atoms with Crippen molar-refractivity contribution in [1.82, 2.24) is 19.5 Å². The van der Waals surface area contributed by atoms with Crippen molar-refractivity contribution in [3.8, 4) is 22.7 Å². The number of fused-ring (bicyclic) bond motifs is 1. The van der Waals surface area contributed by atoms with Crippen LogP contribution in [0.15, 0.2) is 65.8 Å². The Bertz CT molecular complexity index is 1320. The van der Waals surface area contributed by atoms with E-state index in [0.29, 0.717) is 36.2 Å². The van der Waals surface area contributed by atoms with E-state index < -0.39 is 8.07 Å². The lowest BCUT2D eigenvalue weighted by atomic mass is 10.1. The number of carbonyl (C=O) groups is 1. The van der Waals surface area contributed by atoms with Crippen molar-refractivity contribution in [2.75, 3.05) is 11.9 Å². The minimum absolute atomic E-state index is 0.230. The van der Waals surface area contributed by atoms with Gasteiger partial charge in [0, 0.05) is 37.7 Å². The second-order valence-electron chi connectivity index (χ2n) is 9.43. The largest absolute Gasteiger partial charge is 0.444 e. The third-order valence-electron chi connectivity index (χ3n) is 5.32. The molecule has 0 unspecified atom stereocenters. The van der Waals surface area contributed by atoms with Crippen molar-refractivity contribution >= 4 is 30.7 Å². The molecule has 1 amide bonds. The summed E-state index contributed by atoms with van der Waals surface area (Å²) < 4.78 is 13.6. The first-order chi connectivity index (χ1) is 16.2. The van der Waals surface area contributed by atoms with Crippen molar-refractivity contribution < 1.29 is 13.9 Å². The molecule has 9 heteroatoms. The molecule has 0 aliphatic heterocycles. The van der Waals surface area contributed by atoms with Crippen molar-refractivity contribution in [2.45, 2.75) is 39.3 Å². The highest BCUT2D eigenvalue weighted by Gasteiger charge is 2.20. The van der Waals surface area contributed by atoms with Crippen LogP contribution in [0.3, 0.4) is 0 Å². The van der Waals surface area contributed by atoms with Crippen molar-refractivity contribution in [2.24, 2.45) is 0 Å². The third-order valence-corrected chi connectivity index (χ3v) is 7.03. The molecule has 1 N–H and O–H groups in total. The van der Waals surface area contributed by atoms with Gasteiger partial charge in [0.25, 0.3) is 5.91 Å². The molecule has 4 rings (SSSR count). The lowest BCUT2D eigenvalue weighted by Gasteiger charge is -2.15. The number of hydrogen-bond donors (Lipinski definition) is 1. The van der Waals surface area contributed by atoms with Crippen LogP contribution < -0.4 is 5.32 Å². The molecule has 34 heavy (non-hydrogen) atoms. The maximum absolute atomic E-state index is 12.1. The summed E-state index contributed by atoms with van der Waals surface area (Å²) in [4.78, 5) is 25.6. The van der Waals surface area contributed by atoms with Crippen LogP contribution in [0, 0.1) is 0 Å². The molecule has 8 nitrogen and oxygen atoms in total. The van der Waals surface area contributed by atoms with Gasteiger partial charge in [0.1, 0.15) is 25.0 Å². The van der Waals surface area contributed by atoms with E-state index in [1.165, 1.54) is 6.33 Å². The Hall–Kier alpha value is -3.56. The van der Waals surface area contributed by atoms with Gasteiger partial charge in [-0.1, -0.05) is 38.4 Å². The van der Waals surface area contributed by atoms with Gasteiger partial charge in [-0.2, -0.15) is 0 Å². The molecule has 0 spiro atoms. The quantitative estimate of drug-likeness (QED) is 0.193. The molecule has 4 aromatic rings. The minimum atomic E-state index is -1.19. The molecular weight excluding hydrogens is 446 g/mol. The van der Waals surface area contributed by atoms with E-state index >= 15 is 0 Å². The van der Waals surface area contributed by atoms with Gasteiger partial charge in [0.15, 0.2) is 0 Å². The molecule has 0 bridgehead atoms. The number of amides is 1. The van der Waals surface area contributed by atoms with Gasteiger partial charge in [-0.25, -0.2) is 15.0 Å². The van der Waals surface area contributed by atoms with E-state index in [1.54, 1.807) is 19.4 Å². The Morgan fingerprint density at radius 2 is 2.06 bits per heavy atom. The highest BCUT2D eigenvalue weighted by molar-refractivity contribution is 6.76. The minimum Gasteiger partial charge on any atom is -0.444 e. The Labute approximate surface area is 199 Å². The smallest absolute Gasteiger partial charge is 0.250 e. The number of rotatable bonds is 9. The summed E-state index contributed by atoms with van der Waals surface area (Å²) in [6.07, 6.45) is 6.63. The summed E-state index contributed by atoms with van der Waals surface area (Å²) in [5.41, 5.74) is 4.14. The molecule has 0 aliphatic rings. The summed E-state index contributed by atoms with van der Waals surface area (Å²) in [6, 6.07) is 8.61. The summed E-state index contributed by atoms with van der Waals surface area (Å²) in [7, 11) is -1.19. The Balaban J connectivity index is 1.75. The molecule has 0 fully saturated rings. The number of benzene rings is 1. The fourth-order valence-corrected chi connectivity index (χ4v) is 4.24. The molecule has 176 valence electrons. The molecule has 0 radical (unpaired) electrons. The third kappa shape index (κ3) is 5.32. The highest BCUT2D eigenvalue weighted by Crippen LogP contribution is 2.36. The number of aromatic nitrogens is 4. The van der Waals surface area contributed by atoms with E-state index in [9.17, 15) is 4.79 Å². The van der Waals surface area contributed by atoms with E-state index in [1.807, 2.05) is 35.0 Å². The van der Waals surface area contributed by atoms with Crippen LogP contribution in [-0.4, -0.2) is 40.1 Å². The Morgan fingerprint density at radius 1 is 1.24 bits per heavy atom. The van der Waals surface area contributed by atoms with Gasteiger partial charge in [-0.3, -0.25) is 4.79 Å². The Kier molecular flexibility index (Phi) is 6.76. The standard InChI is InChI=1S/C25H29N5O3Si/c1-17(2)24(31)29-19-8-6-7-18(13-19)22-21-20(25-26-9-10-33-25)14-30(23(21)28-15-27-22)16-32-11-12-34(3,4)5/h6-10,13-15H,1,11-12,16H2,2-5H3,(H,29,31). The second kappa shape index (κ2) is 9.74. The van der Waals surface area contributed by atoms with Crippen LogP contribution in [0.2, 0.25) is 25.7 Å². The number of oxazole rings is 1. The van der Waals surface area contributed by atoms with Crippen LogP contribution in [0.5, 0.6) is 0 Å². The molecule has 0 aliphatic carbocycles. The topological polar surface area (TPSA) is 95.1 Å². The summed E-state index contributed by atoms with van der Waals surface area (Å²) in [5, 5.41) is 3.67. The number of anilines is 1. The van der Waals surface area contributed by atoms with Crippen molar-refractivity contribution in [3.05, 3.63) is 61.4 Å². The predicted octanol–water partition coefficient (Wildman–Crippen LogP) is 5.58. The van der Waals surface area contributed by atoms with Crippen LogP contribution in [0.4, 0.5) is 5.69 Å². The van der Waals surface area contributed by atoms with Crippen LogP contribution in [0.25, 0.3) is 33.7 Å². The Morgan fingerprint density at radius 3 is 2.76 bits per heavy atom. The van der Waals surface area contributed by atoms with Gasteiger partial charge in [-0.05, 0) is 25.1 Å². The van der Waals surface area contributed by atoms with E-state index in [2.05, 4.69) is 46.5 Å². The SMILES string of the molecule is C=C(C)C(=O)Nc1cccc(-c2ncnc3c2c(-c2ncco2)cn3COCC[Si](C)(C)C)c1.